The Kier molecular flexibility index (Phi) is 6.69. The van der Waals surface area contributed by atoms with Crippen molar-refractivity contribution in [1.82, 2.24) is 15.2 Å². The van der Waals surface area contributed by atoms with Gasteiger partial charge in [0.1, 0.15) is 11.4 Å². The summed E-state index contributed by atoms with van der Waals surface area (Å²) in [6.45, 7) is 3.06. The zero-order chi connectivity index (χ0) is 25.4. The topological polar surface area (TPSA) is 71.5 Å². The number of halogens is 3. The normalized spacial score (nSPS) is 17.1. The van der Waals surface area contributed by atoms with E-state index in [9.17, 15) is 22.8 Å². The fraction of sp³-hybridized carbons (Fsp3) is 0.320. The highest BCUT2D eigenvalue weighted by molar-refractivity contribution is 8.00. The van der Waals surface area contributed by atoms with E-state index < -0.39 is 11.7 Å². The van der Waals surface area contributed by atoms with Crippen LogP contribution in [0.4, 0.5) is 13.2 Å². The maximum atomic E-state index is 13.5. The molecule has 1 atom stereocenters. The van der Waals surface area contributed by atoms with E-state index in [1.165, 1.54) is 23.5 Å². The van der Waals surface area contributed by atoms with Crippen LogP contribution in [0.2, 0.25) is 0 Å². The number of nitrogens with zero attached hydrogens (tertiary/aromatic N) is 2. The monoisotopic (exact) mass is 533 g/mol. The van der Waals surface area contributed by atoms with Crippen LogP contribution >= 0.6 is 23.1 Å². The number of thioether (sulfide) groups is 1. The first-order valence-corrected chi connectivity index (χ1v) is 13.2. The molecule has 0 aliphatic carbocycles. The molecule has 1 N–H and O–H groups in total. The molecule has 0 radical (unpaired) electrons. The SMILES string of the molecule is Cc1nc(C(=O)N2CCSC2CNC(=O)c2cccc3c2CCO3)c(-c2ccc(C(F)(F)F)cc2)s1. The molecule has 1 saturated heterocycles. The van der Waals surface area contributed by atoms with Crippen molar-refractivity contribution in [2.24, 2.45) is 0 Å². The summed E-state index contributed by atoms with van der Waals surface area (Å²) in [7, 11) is 0. The molecular formula is C25H22F3N3O3S2. The zero-order valence-corrected chi connectivity index (χ0v) is 20.9. The van der Waals surface area contributed by atoms with Crippen molar-refractivity contribution in [3.8, 4) is 16.2 Å². The van der Waals surface area contributed by atoms with E-state index >= 15 is 0 Å². The molecular weight excluding hydrogens is 511 g/mol. The lowest BCUT2D eigenvalue weighted by atomic mass is 10.0. The van der Waals surface area contributed by atoms with Gasteiger partial charge >= 0.3 is 6.18 Å². The predicted octanol–water partition coefficient (Wildman–Crippen LogP) is 5.02. The van der Waals surface area contributed by atoms with Gasteiger partial charge in [-0.2, -0.15) is 13.2 Å². The number of carbonyl (C=O) groups is 2. The molecule has 1 fully saturated rings. The van der Waals surface area contributed by atoms with E-state index in [4.69, 9.17) is 4.74 Å². The second-order valence-corrected chi connectivity index (χ2v) is 10.9. The molecule has 3 aromatic rings. The summed E-state index contributed by atoms with van der Waals surface area (Å²) >= 11 is 2.83. The van der Waals surface area contributed by atoms with Crippen LogP contribution in [0.25, 0.3) is 10.4 Å². The Morgan fingerprint density at radius 3 is 2.72 bits per heavy atom. The summed E-state index contributed by atoms with van der Waals surface area (Å²) in [5.41, 5.74) is 1.44. The minimum absolute atomic E-state index is 0.216. The van der Waals surface area contributed by atoms with Gasteiger partial charge in [0.05, 0.1) is 27.4 Å². The molecule has 11 heteroatoms. The fourth-order valence-corrected chi connectivity index (χ4v) is 6.42. The van der Waals surface area contributed by atoms with Gasteiger partial charge in [-0.3, -0.25) is 9.59 Å². The van der Waals surface area contributed by atoms with Gasteiger partial charge in [0, 0.05) is 36.4 Å². The summed E-state index contributed by atoms with van der Waals surface area (Å²) in [4.78, 5) is 33.0. The number of thiazole rings is 1. The van der Waals surface area contributed by atoms with E-state index in [2.05, 4.69) is 10.3 Å². The summed E-state index contributed by atoms with van der Waals surface area (Å²) in [5.74, 6) is 0.920. The number of ether oxygens (including phenoxy) is 1. The third kappa shape index (κ3) is 4.81. The third-order valence-corrected chi connectivity index (χ3v) is 8.33. The summed E-state index contributed by atoms with van der Waals surface area (Å²) in [6.07, 6.45) is -3.75. The number of nitrogens with one attached hydrogen (secondary N) is 1. The van der Waals surface area contributed by atoms with Crippen molar-refractivity contribution in [3.05, 3.63) is 69.9 Å². The highest BCUT2D eigenvalue weighted by Crippen LogP contribution is 2.36. The lowest BCUT2D eigenvalue weighted by Gasteiger charge is -2.24. The van der Waals surface area contributed by atoms with E-state index in [-0.39, 0.29) is 29.4 Å². The lowest BCUT2D eigenvalue weighted by Crippen LogP contribution is -2.42. The number of carbonyl (C=O) groups excluding carboxylic acids is 2. The van der Waals surface area contributed by atoms with Crippen LogP contribution in [-0.2, 0) is 12.6 Å². The van der Waals surface area contributed by atoms with E-state index in [1.807, 2.05) is 6.07 Å². The first kappa shape index (κ1) is 24.6. The summed E-state index contributed by atoms with van der Waals surface area (Å²) in [6, 6.07) is 10.1. The molecule has 36 heavy (non-hydrogen) atoms. The summed E-state index contributed by atoms with van der Waals surface area (Å²) < 4.78 is 44.5. The number of rotatable bonds is 5. The standard InChI is InChI=1S/C25H22F3N3O3S2/c1-14-30-21(22(36-14)15-5-7-16(8-6-15)25(26,27)28)24(33)31-10-12-35-20(31)13-29-23(32)18-3-2-4-19-17(18)9-11-34-19/h2-8,20H,9-13H2,1H3,(H,29,32). The van der Waals surface area contributed by atoms with Crippen molar-refractivity contribution in [1.29, 1.82) is 0 Å². The Bertz CT molecular complexity index is 1310. The van der Waals surface area contributed by atoms with Gasteiger partial charge in [0.25, 0.3) is 11.8 Å². The third-order valence-electron chi connectivity index (χ3n) is 6.09. The molecule has 2 aliphatic rings. The minimum Gasteiger partial charge on any atom is -0.493 e. The first-order valence-electron chi connectivity index (χ1n) is 11.3. The van der Waals surface area contributed by atoms with Crippen LogP contribution in [-0.4, -0.2) is 52.5 Å². The Morgan fingerprint density at radius 2 is 1.97 bits per heavy atom. The molecule has 5 rings (SSSR count). The number of hydrogen-bond donors (Lipinski definition) is 1. The number of alkyl halides is 3. The number of aromatic nitrogens is 1. The van der Waals surface area contributed by atoms with Crippen molar-refractivity contribution >= 4 is 34.9 Å². The highest BCUT2D eigenvalue weighted by Gasteiger charge is 2.34. The number of benzene rings is 2. The Labute approximate surface area is 213 Å². The van der Waals surface area contributed by atoms with E-state index in [1.54, 1.807) is 35.7 Å². The van der Waals surface area contributed by atoms with Gasteiger partial charge in [-0.1, -0.05) is 18.2 Å². The predicted molar refractivity (Wildman–Crippen MR) is 133 cm³/mol. The number of fused-ring (bicyclic) bond motifs is 1. The van der Waals surface area contributed by atoms with Crippen molar-refractivity contribution < 1.29 is 27.5 Å². The van der Waals surface area contributed by atoms with Gasteiger partial charge in [-0.15, -0.1) is 23.1 Å². The maximum absolute atomic E-state index is 13.5. The van der Waals surface area contributed by atoms with E-state index in [0.29, 0.717) is 46.3 Å². The molecule has 2 aromatic carbocycles. The molecule has 6 nitrogen and oxygen atoms in total. The van der Waals surface area contributed by atoms with Gasteiger partial charge in [0.2, 0.25) is 0 Å². The molecule has 1 unspecified atom stereocenters. The quantitative estimate of drug-likeness (QED) is 0.499. The summed E-state index contributed by atoms with van der Waals surface area (Å²) in [5, 5.41) is 3.31. The Morgan fingerprint density at radius 1 is 1.19 bits per heavy atom. The smallest absolute Gasteiger partial charge is 0.416 e. The second-order valence-electron chi connectivity index (χ2n) is 8.40. The molecule has 188 valence electrons. The number of amides is 2. The van der Waals surface area contributed by atoms with Gasteiger partial charge < -0.3 is 15.0 Å². The van der Waals surface area contributed by atoms with Crippen molar-refractivity contribution in [2.45, 2.75) is 24.9 Å². The van der Waals surface area contributed by atoms with Gasteiger partial charge in [-0.05, 0) is 36.8 Å². The van der Waals surface area contributed by atoms with Crippen LogP contribution in [0.1, 0.15) is 37.0 Å². The first-order chi connectivity index (χ1) is 17.2. The molecule has 3 heterocycles. The highest BCUT2D eigenvalue weighted by atomic mass is 32.2. The molecule has 0 spiro atoms. The van der Waals surface area contributed by atoms with Crippen molar-refractivity contribution in [3.63, 3.8) is 0 Å². The maximum Gasteiger partial charge on any atom is 0.416 e. The Hall–Kier alpha value is -3.05. The average molecular weight is 534 g/mol. The molecule has 0 bridgehead atoms. The average Bonchev–Trinajstić information content (AvgIpc) is 3.60. The van der Waals surface area contributed by atoms with Crippen molar-refractivity contribution in [2.75, 3.05) is 25.4 Å². The minimum atomic E-state index is -4.43. The number of hydrogen-bond acceptors (Lipinski definition) is 6. The van der Waals surface area contributed by atoms with E-state index in [0.717, 1.165) is 23.4 Å². The molecule has 2 amide bonds. The van der Waals surface area contributed by atoms with Crippen LogP contribution in [0.15, 0.2) is 42.5 Å². The van der Waals surface area contributed by atoms with Gasteiger partial charge in [0.15, 0.2) is 0 Å². The van der Waals surface area contributed by atoms with Gasteiger partial charge in [-0.25, -0.2) is 4.98 Å². The largest absolute Gasteiger partial charge is 0.493 e. The fourth-order valence-electron chi connectivity index (χ4n) is 4.35. The lowest BCUT2D eigenvalue weighted by molar-refractivity contribution is -0.137. The number of aryl methyl sites for hydroxylation is 1. The Balaban J connectivity index is 1.32. The molecule has 1 aromatic heterocycles. The molecule has 0 saturated carbocycles. The van der Waals surface area contributed by atoms with Crippen LogP contribution in [0, 0.1) is 6.92 Å². The van der Waals surface area contributed by atoms with Crippen LogP contribution in [0.5, 0.6) is 5.75 Å². The second kappa shape index (κ2) is 9.78. The van der Waals surface area contributed by atoms with Crippen LogP contribution < -0.4 is 10.1 Å². The molecule has 2 aliphatic heterocycles. The van der Waals surface area contributed by atoms with Crippen LogP contribution in [0.3, 0.4) is 0 Å². The zero-order valence-electron chi connectivity index (χ0n) is 19.2.